The highest BCUT2D eigenvalue weighted by Gasteiger charge is 2.34. The largest absolute Gasteiger partial charge is 0.350 e. The standard InChI is InChI=1S/C11H16N4O/c12-11(3-1-4-11)6-10(16)14-7-9-2-5-13-8-15-9/h2,5,8H,1,3-4,6-7,12H2,(H,14,16). The quantitative estimate of drug-likeness (QED) is 0.768. The number of nitrogens with one attached hydrogen (secondary N) is 1. The lowest BCUT2D eigenvalue weighted by molar-refractivity contribution is -0.123. The van der Waals surface area contributed by atoms with Crippen LogP contribution in [0.15, 0.2) is 18.6 Å². The SMILES string of the molecule is NC1(CC(=O)NCc2ccncn2)CCC1. The molecule has 0 aromatic carbocycles. The van der Waals surface area contributed by atoms with Crippen LogP contribution in [0.4, 0.5) is 0 Å². The minimum absolute atomic E-state index is 0.000752. The first kappa shape index (κ1) is 11.0. The Labute approximate surface area is 94.5 Å². The number of carbonyl (C=O) groups excluding carboxylic acids is 1. The predicted molar refractivity (Wildman–Crippen MR) is 59.3 cm³/mol. The minimum Gasteiger partial charge on any atom is -0.350 e. The van der Waals surface area contributed by atoms with E-state index in [0.717, 1.165) is 25.0 Å². The summed E-state index contributed by atoms with van der Waals surface area (Å²) in [6.07, 6.45) is 6.58. The Kier molecular flexibility index (Phi) is 3.14. The van der Waals surface area contributed by atoms with Gasteiger partial charge in [-0.2, -0.15) is 0 Å². The van der Waals surface area contributed by atoms with Crippen molar-refractivity contribution in [1.82, 2.24) is 15.3 Å². The highest BCUT2D eigenvalue weighted by Crippen LogP contribution is 2.31. The van der Waals surface area contributed by atoms with Gasteiger partial charge >= 0.3 is 0 Å². The van der Waals surface area contributed by atoms with Gasteiger partial charge in [0.2, 0.25) is 5.91 Å². The molecule has 3 N–H and O–H groups in total. The van der Waals surface area contributed by atoms with Crippen molar-refractivity contribution in [1.29, 1.82) is 0 Å². The molecule has 1 fully saturated rings. The summed E-state index contributed by atoms with van der Waals surface area (Å²) in [7, 11) is 0. The first-order valence-corrected chi connectivity index (χ1v) is 5.48. The second kappa shape index (κ2) is 4.57. The second-order valence-electron chi connectivity index (χ2n) is 4.37. The van der Waals surface area contributed by atoms with Crippen LogP contribution in [-0.4, -0.2) is 21.4 Å². The molecule has 1 heterocycles. The normalized spacial score (nSPS) is 17.6. The molecule has 86 valence electrons. The van der Waals surface area contributed by atoms with Crippen molar-refractivity contribution in [2.75, 3.05) is 0 Å². The molecule has 0 atom stereocenters. The molecule has 0 spiro atoms. The van der Waals surface area contributed by atoms with Gasteiger partial charge in [0.15, 0.2) is 0 Å². The van der Waals surface area contributed by atoms with Crippen LogP contribution in [0.3, 0.4) is 0 Å². The molecule has 5 nitrogen and oxygen atoms in total. The topological polar surface area (TPSA) is 80.9 Å². The third kappa shape index (κ3) is 2.76. The molecule has 0 saturated heterocycles. The third-order valence-corrected chi connectivity index (χ3v) is 2.97. The molecule has 2 rings (SSSR count). The van der Waals surface area contributed by atoms with Crippen molar-refractivity contribution in [2.45, 2.75) is 37.8 Å². The van der Waals surface area contributed by atoms with E-state index in [-0.39, 0.29) is 11.4 Å². The molecule has 1 aromatic rings. The maximum absolute atomic E-state index is 11.6. The summed E-state index contributed by atoms with van der Waals surface area (Å²) < 4.78 is 0. The van der Waals surface area contributed by atoms with E-state index in [1.807, 2.05) is 0 Å². The lowest BCUT2D eigenvalue weighted by atomic mass is 9.75. The summed E-state index contributed by atoms with van der Waals surface area (Å²) in [5, 5.41) is 2.81. The highest BCUT2D eigenvalue weighted by atomic mass is 16.1. The summed E-state index contributed by atoms with van der Waals surface area (Å²) >= 11 is 0. The van der Waals surface area contributed by atoms with Crippen molar-refractivity contribution in [3.05, 3.63) is 24.3 Å². The fourth-order valence-electron chi connectivity index (χ4n) is 1.80. The zero-order valence-electron chi connectivity index (χ0n) is 9.15. The van der Waals surface area contributed by atoms with E-state index in [1.165, 1.54) is 6.33 Å². The number of hydrogen-bond acceptors (Lipinski definition) is 4. The molecule has 1 aliphatic rings. The van der Waals surface area contributed by atoms with Crippen LogP contribution in [0.1, 0.15) is 31.4 Å². The third-order valence-electron chi connectivity index (χ3n) is 2.97. The summed E-state index contributed by atoms with van der Waals surface area (Å²) in [5.74, 6) is 0.000752. The van der Waals surface area contributed by atoms with Gasteiger partial charge in [0, 0.05) is 18.2 Å². The monoisotopic (exact) mass is 220 g/mol. The molecule has 0 unspecified atom stereocenters. The average Bonchev–Trinajstić information content (AvgIpc) is 2.26. The van der Waals surface area contributed by atoms with Crippen LogP contribution < -0.4 is 11.1 Å². The molecule has 1 aliphatic carbocycles. The Morgan fingerprint density at radius 2 is 2.38 bits per heavy atom. The van der Waals surface area contributed by atoms with Crippen LogP contribution in [-0.2, 0) is 11.3 Å². The molecule has 5 heteroatoms. The maximum atomic E-state index is 11.6. The van der Waals surface area contributed by atoms with Gasteiger partial charge in [-0.25, -0.2) is 9.97 Å². The van der Waals surface area contributed by atoms with Gasteiger partial charge in [0.05, 0.1) is 12.2 Å². The second-order valence-corrected chi connectivity index (χ2v) is 4.37. The lowest BCUT2D eigenvalue weighted by Gasteiger charge is -2.37. The van der Waals surface area contributed by atoms with Gasteiger partial charge in [-0.1, -0.05) is 0 Å². The first-order valence-electron chi connectivity index (χ1n) is 5.48. The Morgan fingerprint density at radius 1 is 1.56 bits per heavy atom. The van der Waals surface area contributed by atoms with Crippen LogP contribution in [0.2, 0.25) is 0 Å². The number of aromatic nitrogens is 2. The Bertz CT molecular complexity index is 362. The molecule has 1 amide bonds. The van der Waals surface area contributed by atoms with Crippen molar-refractivity contribution in [3.8, 4) is 0 Å². The molecular weight excluding hydrogens is 204 g/mol. The van der Waals surface area contributed by atoms with Crippen LogP contribution in [0.5, 0.6) is 0 Å². The van der Waals surface area contributed by atoms with Crippen molar-refractivity contribution >= 4 is 5.91 Å². The number of rotatable bonds is 4. The lowest BCUT2D eigenvalue weighted by Crippen LogP contribution is -2.49. The van der Waals surface area contributed by atoms with Crippen LogP contribution in [0.25, 0.3) is 0 Å². The zero-order valence-corrected chi connectivity index (χ0v) is 9.15. The summed E-state index contributed by atoms with van der Waals surface area (Å²) in [6.45, 7) is 0.442. The number of hydrogen-bond donors (Lipinski definition) is 2. The molecule has 0 radical (unpaired) electrons. The average molecular weight is 220 g/mol. The summed E-state index contributed by atoms with van der Waals surface area (Å²) in [4.78, 5) is 19.4. The van der Waals surface area contributed by atoms with Crippen molar-refractivity contribution in [2.24, 2.45) is 5.73 Å². The zero-order chi connectivity index (χ0) is 11.4. The molecule has 16 heavy (non-hydrogen) atoms. The Balaban J connectivity index is 1.76. The van der Waals surface area contributed by atoms with Crippen LogP contribution >= 0.6 is 0 Å². The van der Waals surface area contributed by atoms with E-state index in [4.69, 9.17) is 5.73 Å². The van der Waals surface area contributed by atoms with E-state index in [1.54, 1.807) is 12.3 Å². The van der Waals surface area contributed by atoms with Gasteiger partial charge in [-0.3, -0.25) is 4.79 Å². The summed E-state index contributed by atoms with van der Waals surface area (Å²) in [5.41, 5.74) is 6.54. The number of nitrogens with zero attached hydrogens (tertiary/aromatic N) is 2. The smallest absolute Gasteiger partial charge is 0.222 e. The van der Waals surface area contributed by atoms with Gasteiger partial charge in [0.25, 0.3) is 0 Å². The van der Waals surface area contributed by atoms with Gasteiger partial charge in [-0.15, -0.1) is 0 Å². The minimum atomic E-state index is -0.254. The van der Waals surface area contributed by atoms with Gasteiger partial charge in [-0.05, 0) is 25.3 Å². The van der Waals surface area contributed by atoms with E-state index in [9.17, 15) is 4.79 Å². The predicted octanol–water partition coefficient (Wildman–Crippen LogP) is 0.364. The highest BCUT2D eigenvalue weighted by molar-refractivity contribution is 5.77. The molecule has 0 bridgehead atoms. The fourth-order valence-corrected chi connectivity index (χ4v) is 1.80. The molecule has 0 aliphatic heterocycles. The molecular formula is C11H16N4O. The number of carbonyl (C=O) groups is 1. The van der Waals surface area contributed by atoms with Gasteiger partial charge in [0.1, 0.15) is 6.33 Å². The molecule has 1 saturated carbocycles. The maximum Gasteiger partial charge on any atom is 0.222 e. The Hall–Kier alpha value is -1.49. The fraction of sp³-hybridized carbons (Fsp3) is 0.545. The van der Waals surface area contributed by atoms with Crippen molar-refractivity contribution < 1.29 is 4.79 Å². The van der Waals surface area contributed by atoms with E-state index in [0.29, 0.717) is 13.0 Å². The number of amides is 1. The summed E-state index contributed by atoms with van der Waals surface area (Å²) in [6, 6.07) is 1.78. The van der Waals surface area contributed by atoms with E-state index in [2.05, 4.69) is 15.3 Å². The Morgan fingerprint density at radius 3 is 2.94 bits per heavy atom. The van der Waals surface area contributed by atoms with Crippen molar-refractivity contribution in [3.63, 3.8) is 0 Å². The van der Waals surface area contributed by atoms with E-state index < -0.39 is 0 Å². The van der Waals surface area contributed by atoms with Gasteiger partial charge < -0.3 is 11.1 Å². The van der Waals surface area contributed by atoms with E-state index >= 15 is 0 Å². The molecule has 1 aromatic heterocycles. The number of nitrogens with two attached hydrogens (primary N) is 1. The van der Waals surface area contributed by atoms with Crippen LogP contribution in [0, 0.1) is 0 Å². The first-order chi connectivity index (χ1) is 7.68.